The van der Waals surface area contributed by atoms with Crippen molar-refractivity contribution in [3.05, 3.63) is 54.4 Å². The van der Waals surface area contributed by atoms with Crippen LogP contribution in [-0.2, 0) is 0 Å². The molecule has 0 radical (unpaired) electrons. The van der Waals surface area contributed by atoms with Crippen molar-refractivity contribution in [2.75, 3.05) is 25.1 Å². The number of rotatable bonds is 4. The number of amides is 1. The predicted octanol–water partition coefficient (Wildman–Crippen LogP) is 2.49. The minimum Gasteiger partial charge on any atom is -0.495 e. The molecule has 0 saturated carbocycles. The Morgan fingerprint density at radius 2 is 1.87 bits per heavy atom. The molecule has 0 aliphatic carbocycles. The largest absolute Gasteiger partial charge is 0.495 e. The first-order valence-corrected chi connectivity index (χ1v) is 7.87. The van der Waals surface area contributed by atoms with Crippen molar-refractivity contribution in [3.63, 3.8) is 0 Å². The molecule has 1 saturated heterocycles. The van der Waals surface area contributed by atoms with Crippen molar-refractivity contribution in [2.24, 2.45) is 0 Å². The standard InChI is InChI=1S/C18H21N3O2/c1-23-17-5-3-2-4-16(17)21-12-8-15(9-13-21)20-18(22)14-6-10-19-11-7-14/h2-7,10-11,15H,8-9,12-13H2,1H3,(H,20,22). The van der Waals surface area contributed by atoms with E-state index in [1.54, 1.807) is 31.6 Å². The molecule has 1 aromatic heterocycles. The Kier molecular flexibility index (Phi) is 4.76. The van der Waals surface area contributed by atoms with Gasteiger partial charge < -0.3 is 15.0 Å². The number of hydrogen-bond acceptors (Lipinski definition) is 4. The number of carbonyl (C=O) groups is 1. The summed E-state index contributed by atoms with van der Waals surface area (Å²) in [5.41, 5.74) is 1.78. The maximum atomic E-state index is 12.2. The predicted molar refractivity (Wildman–Crippen MR) is 89.9 cm³/mol. The van der Waals surface area contributed by atoms with Crippen LogP contribution < -0.4 is 15.0 Å². The molecule has 0 atom stereocenters. The second-order valence-corrected chi connectivity index (χ2v) is 5.64. The molecule has 2 aromatic rings. The lowest BCUT2D eigenvalue weighted by molar-refractivity contribution is 0.0931. The fourth-order valence-corrected chi connectivity index (χ4v) is 2.93. The van der Waals surface area contributed by atoms with Crippen LogP contribution in [0.25, 0.3) is 0 Å². The summed E-state index contributed by atoms with van der Waals surface area (Å²) in [6.45, 7) is 1.81. The topological polar surface area (TPSA) is 54.5 Å². The van der Waals surface area contributed by atoms with Crippen molar-refractivity contribution < 1.29 is 9.53 Å². The maximum Gasteiger partial charge on any atom is 0.251 e. The van der Waals surface area contributed by atoms with Gasteiger partial charge in [-0.2, -0.15) is 0 Å². The van der Waals surface area contributed by atoms with E-state index >= 15 is 0 Å². The number of anilines is 1. The van der Waals surface area contributed by atoms with E-state index in [2.05, 4.69) is 21.3 Å². The molecule has 2 heterocycles. The number of ether oxygens (including phenoxy) is 1. The molecule has 1 N–H and O–H groups in total. The molecule has 120 valence electrons. The molecule has 0 bridgehead atoms. The van der Waals surface area contributed by atoms with Gasteiger partial charge >= 0.3 is 0 Å². The van der Waals surface area contributed by atoms with Gasteiger partial charge in [0.1, 0.15) is 5.75 Å². The molecule has 23 heavy (non-hydrogen) atoms. The molecule has 1 amide bonds. The Balaban J connectivity index is 1.57. The number of piperidine rings is 1. The Hall–Kier alpha value is -2.56. The molecule has 5 heteroatoms. The van der Waals surface area contributed by atoms with Crippen LogP contribution >= 0.6 is 0 Å². The summed E-state index contributed by atoms with van der Waals surface area (Å²) in [5, 5.41) is 3.11. The molecule has 0 spiro atoms. The van der Waals surface area contributed by atoms with Gasteiger partial charge in [0, 0.05) is 37.1 Å². The van der Waals surface area contributed by atoms with Gasteiger partial charge in [-0.15, -0.1) is 0 Å². The Morgan fingerprint density at radius 1 is 1.17 bits per heavy atom. The Morgan fingerprint density at radius 3 is 2.57 bits per heavy atom. The molecule has 1 aliphatic rings. The van der Waals surface area contributed by atoms with Crippen molar-refractivity contribution in [2.45, 2.75) is 18.9 Å². The quantitative estimate of drug-likeness (QED) is 0.942. The highest BCUT2D eigenvalue weighted by Crippen LogP contribution is 2.29. The number of hydrogen-bond donors (Lipinski definition) is 1. The summed E-state index contributed by atoms with van der Waals surface area (Å²) >= 11 is 0. The number of pyridine rings is 1. The molecule has 5 nitrogen and oxygen atoms in total. The fraction of sp³-hybridized carbons (Fsp3) is 0.333. The molecular formula is C18H21N3O2. The molecule has 0 unspecified atom stereocenters. The number of methoxy groups -OCH3 is 1. The van der Waals surface area contributed by atoms with Gasteiger partial charge in [0.15, 0.2) is 0 Å². The van der Waals surface area contributed by atoms with Crippen LogP contribution in [0.5, 0.6) is 5.75 Å². The van der Waals surface area contributed by atoms with Crippen molar-refractivity contribution in [1.82, 2.24) is 10.3 Å². The van der Waals surface area contributed by atoms with E-state index < -0.39 is 0 Å². The van der Waals surface area contributed by atoms with Crippen LogP contribution in [0.3, 0.4) is 0 Å². The maximum absolute atomic E-state index is 12.2. The third kappa shape index (κ3) is 3.62. The van der Waals surface area contributed by atoms with Crippen LogP contribution in [0.1, 0.15) is 23.2 Å². The SMILES string of the molecule is COc1ccccc1N1CCC(NC(=O)c2ccncc2)CC1. The second kappa shape index (κ2) is 7.13. The van der Waals surface area contributed by atoms with Crippen LogP contribution in [0, 0.1) is 0 Å². The number of nitrogens with zero attached hydrogens (tertiary/aromatic N) is 2. The zero-order valence-corrected chi connectivity index (χ0v) is 13.2. The lowest BCUT2D eigenvalue weighted by Crippen LogP contribution is -2.44. The zero-order valence-electron chi connectivity index (χ0n) is 13.2. The van der Waals surface area contributed by atoms with Gasteiger partial charge in [-0.05, 0) is 37.1 Å². The molecule has 1 aliphatic heterocycles. The van der Waals surface area contributed by atoms with Crippen LogP contribution in [0.2, 0.25) is 0 Å². The van der Waals surface area contributed by atoms with Gasteiger partial charge in [-0.3, -0.25) is 9.78 Å². The van der Waals surface area contributed by atoms with Crippen molar-refractivity contribution in [1.29, 1.82) is 0 Å². The van der Waals surface area contributed by atoms with Crippen LogP contribution in [0.4, 0.5) is 5.69 Å². The first-order chi connectivity index (χ1) is 11.3. The van der Waals surface area contributed by atoms with Crippen LogP contribution in [0.15, 0.2) is 48.8 Å². The van der Waals surface area contributed by atoms with E-state index in [-0.39, 0.29) is 11.9 Å². The summed E-state index contributed by atoms with van der Waals surface area (Å²) in [6, 6.07) is 11.7. The Bertz CT molecular complexity index is 652. The van der Waals surface area contributed by atoms with Gasteiger partial charge in [0.25, 0.3) is 5.91 Å². The fourth-order valence-electron chi connectivity index (χ4n) is 2.93. The van der Waals surface area contributed by atoms with Crippen LogP contribution in [-0.4, -0.2) is 37.1 Å². The van der Waals surface area contributed by atoms with Crippen molar-refractivity contribution in [3.8, 4) is 5.75 Å². The second-order valence-electron chi connectivity index (χ2n) is 5.64. The highest BCUT2D eigenvalue weighted by molar-refractivity contribution is 5.94. The third-order valence-corrected chi connectivity index (χ3v) is 4.20. The zero-order chi connectivity index (χ0) is 16.1. The van der Waals surface area contributed by atoms with Gasteiger partial charge in [-0.25, -0.2) is 0 Å². The summed E-state index contributed by atoms with van der Waals surface area (Å²) in [4.78, 5) is 18.4. The van der Waals surface area contributed by atoms with E-state index in [4.69, 9.17) is 4.74 Å². The van der Waals surface area contributed by atoms with Gasteiger partial charge in [0.05, 0.1) is 12.8 Å². The summed E-state index contributed by atoms with van der Waals surface area (Å²) in [6.07, 6.45) is 5.13. The molecule has 1 aromatic carbocycles. The number of para-hydroxylation sites is 2. The minimum absolute atomic E-state index is 0.0249. The summed E-state index contributed by atoms with van der Waals surface area (Å²) in [5.74, 6) is 0.870. The third-order valence-electron chi connectivity index (χ3n) is 4.20. The highest BCUT2D eigenvalue weighted by atomic mass is 16.5. The molecule has 3 rings (SSSR count). The summed E-state index contributed by atoms with van der Waals surface area (Å²) in [7, 11) is 1.69. The molecule has 1 fully saturated rings. The summed E-state index contributed by atoms with van der Waals surface area (Å²) < 4.78 is 5.43. The molecular weight excluding hydrogens is 290 g/mol. The normalized spacial score (nSPS) is 15.3. The number of nitrogens with one attached hydrogen (secondary N) is 1. The minimum atomic E-state index is -0.0249. The van der Waals surface area contributed by atoms with Crippen molar-refractivity contribution >= 4 is 11.6 Å². The monoisotopic (exact) mass is 311 g/mol. The average molecular weight is 311 g/mol. The van der Waals surface area contributed by atoms with Gasteiger partial charge in [0.2, 0.25) is 0 Å². The van der Waals surface area contributed by atoms with E-state index in [9.17, 15) is 4.79 Å². The van der Waals surface area contributed by atoms with E-state index in [1.165, 1.54) is 0 Å². The van der Waals surface area contributed by atoms with E-state index in [0.29, 0.717) is 5.56 Å². The Labute approximate surface area is 136 Å². The smallest absolute Gasteiger partial charge is 0.251 e. The number of benzene rings is 1. The lowest BCUT2D eigenvalue weighted by atomic mass is 10.0. The van der Waals surface area contributed by atoms with E-state index in [0.717, 1.165) is 37.4 Å². The highest BCUT2D eigenvalue weighted by Gasteiger charge is 2.22. The number of carbonyl (C=O) groups excluding carboxylic acids is 1. The first kappa shape index (κ1) is 15.3. The first-order valence-electron chi connectivity index (χ1n) is 7.87. The number of aromatic nitrogens is 1. The average Bonchev–Trinajstić information content (AvgIpc) is 2.63. The van der Waals surface area contributed by atoms with E-state index in [1.807, 2.05) is 18.2 Å². The lowest BCUT2D eigenvalue weighted by Gasteiger charge is -2.34. The van der Waals surface area contributed by atoms with Gasteiger partial charge in [-0.1, -0.05) is 12.1 Å².